The highest BCUT2D eigenvalue weighted by Gasteiger charge is 2.08. The molecule has 9 heavy (non-hydrogen) atoms. The van der Waals surface area contributed by atoms with Crippen molar-refractivity contribution >= 4 is 22.8 Å². The lowest BCUT2D eigenvalue weighted by Crippen LogP contribution is -2.34. The Morgan fingerprint density at radius 3 is 2.11 bits per heavy atom. The van der Waals surface area contributed by atoms with Crippen LogP contribution < -0.4 is 5.32 Å². The van der Waals surface area contributed by atoms with Gasteiger partial charge in [0.2, 0.25) is 11.1 Å². The minimum atomic E-state index is -0.579. The normalized spacial score (nSPS) is 12.3. The maximum Gasteiger partial charge on any atom is 0.243 e. The summed E-state index contributed by atoms with van der Waals surface area (Å²) in [4.78, 5) is 20.5. The fourth-order valence-corrected chi connectivity index (χ4v) is 0.416. The van der Waals surface area contributed by atoms with Gasteiger partial charge in [-0.1, -0.05) is 0 Å². The Bertz CT molecular complexity index is 135. The Morgan fingerprint density at radius 2 is 2.00 bits per heavy atom. The molecular formula is C5H8ClNO2. The predicted molar refractivity (Wildman–Crippen MR) is 34.1 cm³/mol. The van der Waals surface area contributed by atoms with Crippen molar-refractivity contribution in [2.75, 3.05) is 0 Å². The SMILES string of the molecule is CC(=O)NC(C)C(=O)Cl. The highest BCUT2D eigenvalue weighted by Crippen LogP contribution is 1.87. The van der Waals surface area contributed by atoms with E-state index in [0.717, 1.165) is 0 Å². The van der Waals surface area contributed by atoms with Gasteiger partial charge in [0.1, 0.15) is 6.04 Å². The van der Waals surface area contributed by atoms with Crippen molar-refractivity contribution in [2.24, 2.45) is 0 Å². The van der Waals surface area contributed by atoms with Crippen LogP contribution in [0.25, 0.3) is 0 Å². The van der Waals surface area contributed by atoms with E-state index in [-0.39, 0.29) is 5.91 Å². The van der Waals surface area contributed by atoms with E-state index in [2.05, 4.69) is 5.32 Å². The summed E-state index contributed by atoms with van der Waals surface area (Å²) in [5.74, 6) is -0.253. The molecule has 4 heteroatoms. The minimum Gasteiger partial charge on any atom is -0.345 e. The molecule has 1 N–H and O–H groups in total. The number of rotatable bonds is 2. The average molecular weight is 150 g/mol. The van der Waals surface area contributed by atoms with Crippen LogP contribution in [0.1, 0.15) is 13.8 Å². The quantitative estimate of drug-likeness (QED) is 0.574. The molecule has 0 heterocycles. The third kappa shape index (κ3) is 3.97. The van der Waals surface area contributed by atoms with E-state index in [1.807, 2.05) is 0 Å². The van der Waals surface area contributed by atoms with Crippen LogP contribution >= 0.6 is 11.6 Å². The summed E-state index contributed by atoms with van der Waals surface area (Å²) in [6, 6.07) is -0.579. The zero-order valence-corrected chi connectivity index (χ0v) is 6.03. The first-order valence-electron chi connectivity index (χ1n) is 2.50. The van der Waals surface area contributed by atoms with Crippen molar-refractivity contribution in [2.45, 2.75) is 19.9 Å². The number of hydrogen-bond donors (Lipinski definition) is 1. The molecule has 52 valence electrons. The van der Waals surface area contributed by atoms with Crippen LogP contribution in [-0.4, -0.2) is 17.2 Å². The molecule has 1 amide bonds. The van der Waals surface area contributed by atoms with Crippen molar-refractivity contribution in [1.82, 2.24) is 5.32 Å². The van der Waals surface area contributed by atoms with Gasteiger partial charge in [-0.2, -0.15) is 0 Å². The van der Waals surface area contributed by atoms with Gasteiger partial charge in [-0.3, -0.25) is 9.59 Å². The maximum absolute atomic E-state index is 10.2. The third-order valence-corrected chi connectivity index (χ3v) is 1.09. The number of carbonyl (C=O) groups is 2. The molecule has 1 unspecified atom stereocenters. The topological polar surface area (TPSA) is 46.2 Å². The molecule has 1 atom stereocenters. The Kier molecular flexibility index (Phi) is 3.24. The Hall–Kier alpha value is -0.570. The summed E-state index contributed by atoms with van der Waals surface area (Å²) >= 11 is 5.02. The summed E-state index contributed by atoms with van der Waals surface area (Å²) in [5.41, 5.74) is 0. The Morgan fingerprint density at radius 1 is 1.56 bits per heavy atom. The Balaban J connectivity index is 3.63. The monoisotopic (exact) mass is 149 g/mol. The van der Waals surface area contributed by atoms with Crippen molar-refractivity contribution in [3.63, 3.8) is 0 Å². The lowest BCUT2D eigenvalue weighted by atomic mass is 10.4. The molecule has 0 bridgehead atoms. The number of nitrogens with one attached hydrogen (secondary N) is 1. The van der Waals surface area contributed by atoms with Crippen LogP contribution in [-0.2, 0) is 9.59 Å². The van der Waals surface area contributed by atoms with Gasteiger partial charge in [0.25, 0.3) is 0 Å². The number of hydrogen-bond acceptors (Lipinski definition) is 2. The molecule has 0 saturated heterocycles. The van der Waals surface area contributed by atoms with Crippen molar-refractivity contribution < 1.29 is 9.59 Å². The van der Waals surface area contributed by atoms with E-state index in [1.165, 1.54) is 13.8 Å². The van der Waals surface area contributed by atoms with Crippen LogP contribution in [0.2, 0.25) is 0 Å². The molecule has 0 aromatic rings. The molecular weight excluding hydrogens is 142 g/mol. The summed E-state index contributed by atoms with van der Waals surface area (Å²) in [7, 11) is 0. The van der Waals surface area contributed by atoms with E-state index in [4.69, 9.17) is 11.6 Å². The molecule has 0 spiro atoms. The summed E-state index contributed by atoms with van der Waals surface area (Å²) in [5, 5.41) is 1.77. The first-order valence-corrected chi connectivity index (χ1v) is 2.88. The average Bonchev–Trinajstić information content (AvgIpc) is 1.63. The van der Waals surface area contributed by atoms with Crippen LogP contribution in [0.15, 0.2) is 0 Å². The molecule has 0 aliphatic heterocycles. The predicted octanol–water partition coefficient (Wildman–Crippen LogP) is 0.276. The summed E-state index contributed by atoms with van der Waals surface area (Å²) in [6.07, 6.45) is 0. The standard InChI is InChI=1S/C5H8ClNO2/c1-3(5(6)9)7-4(2)8/h3H,1-2H3,(H,7,8). The molecule has 0 fully saturated rings. The lowest BCUT2D eigenvalue weighted by Gasteiger charge is -2.04. The molecule has 0 rings (SSSR count). The van der Waals surface area contributed by atoms with Crippen molar-refractivity contribution in [3.05, 3.63) is 0 Å². The molecule has 0 aromatic carbocycles. The van der Waals surface area contributed by atoms with Gasteiger partial charge in [-0.25, -0.2) is 0 Å². The maximum atomic E-state index is 10.2. The van der Waals surface area contributed by atoms with Crippen LogP contribution in [0.4, 0.5) is 0 Å². The largest absolute Gasteiger partial charge is 0.345 e. The van der Waals surface area contributed by atoms with E-state index < -0.39 is 11.3 Å². The second kappa shape index (κ2) is 3.45. The summed E-state index contributed by atoms with van der Waals surface area (Å²) < 4.78 is 0. The molecule has 0 aliphatic rings. The zero-order chi connectivity index (χ0) is 7.44. The van der Waals surface area contributed by atoms with Gasteiger partial charge < -0.3 is 5.32 Å². The van der Waals surface area contributed by atoms with Gasteiger partial charge >= 0.3 is 0 Å². The van der Waals surface area contributed by atoms with E-state index in [0.29, 0.717) is 0 Å². The zero-order valence-electron chi connectivity index (χ0n) is 5.27. The lowest BCUT2D eigenvalue weighted by molar-refractivity contribution is -0.123. The second-order valence-electron chi connectivity index (χ2n) is 1.73. The molecule has 0 radical (unpaired) electrons. The van der Waals surface area contributed by atoms with Gasteiger partial charge in [0.05, 0.1) is 0 Å². The van der Waals surface area contributed by atoms with Gasteiger partial charge in [0, 0.05) is 6.92 Å². The number of amides is 1. The van der Waals surface area contributed by atoms with Crippen LogP contribution in [0, 0.1) is 0 Å². The number of halogens is 1. The van der Waals surface area contributed by atoms with Crippen LogP contribution in [0.3, 0.4) is 0 Å². The smallest absolute Gasteiger partial charge is 0.243 e. The van der Waals surface area contributed by atoms with E-state index >= 15 is 0 Å². The summed E-state index contributed by atoms with van der Waals surface area (Å²) in [6.45, 7) is 2.85. The van der Waals surface area contributed by atoms with Gasteiger partial charge in [-0.15, -0.1) is 0 Å². The highest BCUT2D eigenvalue weighted by molar-refractivity contribution is 6.64. The van der Waals surface area contributed by atoms with Gasteiger partial charge in [0.15, 0.2) is 0 Å². The van der Waals surface area contributed by atoms with Crippen molar-refractivity contribution in [1.29, 1.82) is 0 Å². The second-order valence-corrected chi connectivity index (χ2v) is 2.10. The first-order chi connectivity index (χ1) is 4.04. The van der Waals surface area contributed by atoms with E-state index in [1.54, 1.807) is 0 Å². The van der Waals surface area contributed by atoms with Gasteiger partial charge in [-0.05, 0) is 18.5 Å². The number of carbonyl (C=O) groups excluding carboxylic acids is 2. The first kappa shape index (κ1) is 8.43. The van der Waals surface area contributed by atoms with E-state index in [9.17, 15) is 9.59 Å². The molecule has 0 aliphatic carbocycles. The molecule has 3 nitrogen and oxygen atoms in total. The Labute approximate surface area is 58.4 Å². The fourth-order valence-electron chi connectivity index (χ4n) is 0.362. The fraction of sp³-hybridized carbons (Fsp3) is 0.600. The minimum absolute atomic E-state index is 0.253. The molecule has 0 aromatic heterocycles. The van der Waals surface area contributed by atoms with Crippen molar-refractivity contribution in [3.8, 4) is 0 Å². The highest BCUT2D eigenvalue weighted by atomic mass is 35.5. The van der Waals surface area contributed by atoms with Crippen LogP contribution in [0.5, 0.6) is 0 Å². The third-order valence-electron chi connectivity index (χ3n) is 0.760. The molecule has 0 saturated carbocycles.